The van der Waals surface area contributed by atoms with E-state index in [-0.39, 0.29) is 11.5 Å². The quantitative estimate of drug-likeness (QED) is 0.687. The molecule has 0 radical (unpaired) electrons. The van der Waals surface area contributed by atoms with Crippen LogP contribution in [0.15, 0.2) is 24.3 Å². The van der Waals surface area contributed by atoms with E-state index in [0.29, 0.717) is 5.56 Å². The highest BCUT2D eigenvalue weighted by Crippen LogP contribution is 2.07. The Morgan fingerprint density at radius 1 is 1.36 bits per heavy atom. The van der Waals surface area contributed by atoms with E-state index in [2.05, 4.69) is 11.8 Å². The van der Waals surface area contributed by atoms with Crippen LogP contribution in [0.3, 0.4) is 0 Å². The Morgan fingerprint density at radius 2 is 2.00 bits per heavy atom. The Morgan fingerprint density at radius 3 is 2.57 bits per heavy atom. The van der Waals surface area contributed by atoms with Gasteiger partial charge in [0.25, 0.3) is 0 Å². The van der Waals surface area contributed by atoms with Crippen LogP contribution < -0.4 is 0 Å². The van der Waals surface area contributed by atoms with E-state index >= 15 is 0 Å². The number of benzene rings is 1. The molecule has 0 aromatic heterocycles. The van der Waals surface area contributed by atoms with Gasteiger partial charge in [-0.05, 0) is 12.1 Å². The molecular formula is C12H12O2. The van der Waals surface area contributed by atoms with Crippen molar-refractivity contribution in [1.82, 2.24) is 0 Å². The number of carboxylic acid groups (broad SMARTS) is 1. The second-order valence-electron chi connectivity index (χ2n) is 3.27. The van der Waals surface area contributed by atoms with E-state index in [4.69, 9.17) is 5.11 Å². The number of rotatable bonds is 1. The molecule has 2 heteroatoms. The van der Waals surface area contributed by atoms with Crippen LogP contribution in [0.4, 0.5) is 0 Å². The Kier molecular flexibility index (Phi) is 3.30. The normalized spacial score (nSPS) is 9.36. The summed E-state index contributed by atoms with van der Waals surface area (Å²) in [5, 5.41) is 8.86. The largest absolute Gasteiger partial charge is 0.478 e. The van der Waals surface area contributed by atoms with Crippen molar-refractivity contribution in [3.63, 3.8) is 0 Å². The Bertz CT molecular complexity index is 394. The predicted molar refractivity (Wildman–Crippen MR) is 55.1 cm³/mol. The summed E-state index contributed by atoms with van der Waals surface area (Å²) in [6.45, 7) is 3.94. The molecule has 0 unspecified atom stereocenters. The summed E-state index contributed by atoms with van der Waals surface area (Å²) in [5.41, 5.74) is 0.842. The maximum Gasteiger partial charge on any atom is 0.336 e. The second kappa shape index (κ2) is 4.48. The smallest absolute Gasteiger partial charge is 0.336 e. The summed E-state index contributed by atoms with van der Waals surface area (Å²) in [7, 11) is 0. The molecule has 0 spiro atoms. The van der Waals surface area contributed by atoms with Crippen molar-refractivity contribution in [3.8, 4) is 11.8 Å². The highest BCUT2D eigenvalue weighted by Gasteiger charge is 2.05. The lowest BCUT2D eigenvalue weighted by Crippen LogP contribution is -1.99. The van der Waals surface area contributed by atoms with Crippen LogP contribution in [-0.4, -0.2) is 11.1 Å². The van der Waals surface area contributed by atoms with Gasteiger partial charge in [-0.2, -0.15) is 0 Å². The third kappa shape index (κ3) is 2.63. The summed E-state index contributed by atoms with van der Waals surface area (Å²) in [4.78, 5) is 10.8. The first-order chi connectivity index (χ1) is 6.61. The molecule has 1 N–H and O–H groups in total. The van der Waals surface area contributed by atoms with Crippen molar-refractivity contribution in [1.29, 1.82) is 0 Å². The van der Waals surface area contributed by atoms with Gasteiger partial charge in [0.15, 0.2) is 0 Å². The number of carbonyl (C=O) groups is 1. The van der Waals surface area contributed by atoms with Gasteiger partial charge in [0.1, 0.15) is 0 Å². The standard InChI is InChI=1S/C12H12O2/c1-9(2)7-8-10-5-3-4-6-11(10)12(13)14/h3-6,9H,1-2H3,(H,13,14). The summed E-state index contributed by atoms with van der Waals surface area (Å²) in [6, 6.07) is 6.77. The molecule has 14 heavy (non-hydrogen) atoms. The van der Waals surface area contributed by atoms with Crippen LogP contribution in [0, 0.1) is 17.8 Å². The van der Waals surface area contributed by atoms with Gasteiger partial charge >= 0.3 is 5.97 Å². The van der Waals surface area contributed by atoms with Crippen molar-refractivity contribution in [2.75, 3.05) is 0 Å². The minimum absolute atomic E-state index is 0.247. The summed E-state index contributed by atoms with van der Waals surface area (Å²) in [6.07, 6.45) is 0. The number of hydrogen-bond acceptors (Lipinski definition) is 1. The molecule has 0 aliphatic rings. The average Bonchev–Trinajstić information content (AvgIpc) is 2.15. The lowest BCUT2D eigenvalue weighted by molar-refractivity contribution is 0.0696. The van der Waals surface area contributed by atoms with Crippen molar-refractivity contribution < 1.29 is 9.90 Å². The molecule has 1 rings (SSSR count). The molecule has 0 aliphatic heterocycles. The minimum Gasteiger partial charge on any atom is -0.478 e. The van der Waals surface area contributed by atoms with Gasteiger partial charge in [-0.15, -0.1) is 0 Å². The van der Waals surface area contributed by atoms with Gasteiger partial charge in [0.05, 0.1) is 5.56 Å². The number of hydrogen-bond donors (Lipinski definition) is 1. The van der Waals surface area contributed by atoms with Crippen LogP contribution in [0.5, 0.6) is 0 Å². The summed E-state index contributed by atoms with van der Waals surface area (Å²) < 4.78 is 0. The fourth-order valence-electron chi connectivity index (χ4n) is 1.00. The highest BCUT2D eigenvalue weighted by atomic mass is 16.4. The average molecular weight is 188 g/mol. The molecule has 2 nitrogen and oxygen atoms in total. The maximum absolute atomic E-state index is 10.8. The van der Waals surface area contributed by atoms with E-state index < -0.39 is 5.97 Å². The SMILES string of the molecule is CC(C)C#Cc1ccccc1C(=O)O. The third-order valence-corrected chi connectivity index (χ3v) is 1.65. The van der Waals surface area contributed by atoms with E-state index in [9.17, 15) is 4.79 Å². The summed E-state index contributed by atoms with van der Waals surface area (Å²) >= 11 is 0. The molecule has 0 atom stereocenters. The highest BCUT2D eigenvalue weighted by molar-refractivity contribution is 5.90. The minimum atomic E-state index is -0.932. The molecule has 72 valence electrons. The van der Waals surface area contributed by atoms with Crippen molar-refractivity contribution in [2.24, 2.45) is 5.92 Å². The van der Waals surface area contributed by atoms with E-state index in [0.717, 1.165) is 0 Å². The van der Waals surface area contributed by atoms with Gasteiger partial charge in [-0.3, -0.25) is 0 Å². The Balaban J connectivity index is 3.10. The Labute approximate surface area is 83.6 Å². The number of aromatic carboxylic acids is 1. The van der Waals surface area contributed by atoms with Crippen LogP contribution in [-0.2, 0) is 0 Å². The zero-order chi connectivity index (χ0) is 10.6. The first kappa shape index (κ1) is 10.3. The fraction of sp³-hybridized carbons (Fsp3) is 0.250. The zero-order valence-electron chi connectivity index (χ0n) is 8.24. The van der Waals surface area contributed by atoms with Gasteiger partial charge in [-0.25, -0.2) is 4.79 Å². The lowest BCUT2D eigenvalue weighted by atomic mass is 10.1. The molecule has 0 amide bonds. The molecule has 0 bridgehead atoms. The van der Waals surface area contributed by atoms with Crippen molar-refractivity contribution in [3.05, 3.63) is 35.4 Å². The topological polar surface area (TPSA) is 37.3 Å². The summed E-state index contributed by atoms with van der Waals surface area (Å²) in [5.74, 6) is 5.12. The van der Waals surface area contributed by atoms with Crippen LogP contribution >= 0.6 is 0 Å². The first-order valence-corrected chi connectivity index (χ1v) is 4.45. The van der Waals surface area contributed by atoms with Gasteiger partial charge in [0, 0.05) is 11.5 Å². The molecule has 0 heterocycles. The van der Waals surface area contributed by atoms with Crippen molar-refractivity contribution >= 4 is 5.97 Å². The Hall–Kier alpha value is -1.75. The van der Waals surface area contributed by atoms with E-state index in [1.807, 2.05) is 13.8 Å². The van der Waals surface area contributed by atoms with Gasteiger partial charge in [-0.1, -0.05) is 37.8 Å². The van der Waals surface area contributed by atoms with Crippen LogP contribution in [0.1, 0.15) is 29.8 Å². The monoisotopic (exact) mass is 188 g/mol. The predicted octanol–water partition coefficient (Wildman–Crippen LogP) is 2.39. The van der Waals surface area contributed by atoms with Crippen LogP contribution in [0.25, 0.3) is 0 Å². The molecule has 0 saturated heterocycles. The third-order valence-electron chi connectivity index (χ3n) is 1.65. The number of carboxylic acids is 1. The molecule has 1 aromatic carbocycles. The lowest BCUT2D eigenvalue weighted by Gasteiger charge is -1.97. The fourth-order valence-corrected chi connectivity index (χ4v) is 1.00. The first-order valence-electron chi connectivity index (χ1n) is 4.45. The molecule has 0 aliphatic carbocycles. The zero-order valence-corrected chi connectivity index (χ0v) is 8.24. The van der Waals surface area contributed by atoms with E-state index in [1.165, 1.54) is 0 Å². The van der Waals surface area contributed by atoms with Crippen molar-refractivity contribution in [2.45, 2.75) is 13.8 Å². The molecule has 0 saturated carbocycles. The second-order valence-corrected chi connectivity index (χ2v) is 3.27. The van der Waals surface area contributed by atoms with Gasteiger partial charge in [0.2, 0.25) is 0 Å². The molecular weight excluding hydrogens is 176 g/mol. The van der Waals surface area contributed by atoms with E-state index in [1.54, 1.807) is 24.3 Å². The maximum atomic E-state index is 10.8. The van der Waals surface area contributed by atoms with Gasteiger partial charge < -0.3 is 5.11 Å². The molecule has 1 aromatic rings. The molecule has 0 fully saturated rings. The van der Waals surface area contributed by atoms with Crippen LogP contribution in [0.2, 0.25) is 0 Å².